The van der Waals surface area contributed by atoms with Crippen LogP contribution < -0.4 is 0 Å². The van der Waals surface area contributed by atoms with Gasteiger partial charge in [0.1, 0.15) is 0 Å². The molecule has 0 aliphatic carbocycles. The highest BCUT2D eigenvalue weighted by Crippen LogP contribution is 2.46. The van der Waals surface area contributed by atoms with E-state index < -0.39 is 29.9 Å². The fourth-order valence-corrected chi connectivity index (χ4v) is 1.80. The van der Waals surface area contributed by atoms with E-state index in [1.54, 1.807) is 0 Å². The van der Waals surface area contributed by atoms with Gasteiger partial charge in [0.2, 0.25) is 0 Å². The third-order valence-corrected chi connectivity index (χ3v) is 2.23. The highest BCUT2D eigenvalue weighted by Gasteiger charge is 2.63. The maximum atomic E-state index is 13.0. The van der Waals surface area contributed by atoms with E-state index >= 15 is 0 Å². The molecular weight excluding hydrogens is 203 g/mol. The molecule has 14 heavy (non-hydrogen) atoms. The lowest BCUT2D eigenvalue weighted by Crippen LogP contribution is -2.47. The van der Waals surface area contributed by atoms with Crippen LogP contribution in [0.2, 0.25) is 0 Å². The normalized spacial score (nSPS) is 14.6. The predicted molar refractivity (Wildman–Crippen MR) is 44.2 cm³/mol. The van der Waals surface area contributed by atoms with Crippen molar-refractivity contribution in [3.63, 3.8) is 0 Å². The van der Waals surface area contributed by atoms with E-state index in [4.69, 9.17) is 0 Å². The maximum absolute atomic E-state index is 13.0. The number of halogens is 5. The van der Waals surface area contributed by atoms with Crippen molar-refractivity contribution in [1.82, 2.24) is 0 Å². The first-order valence-electron chi connectivity index (χ1n) is 4.46. The van der Waals surface area contributed by atoms with Gasteiger partial charge < -0.3 is 0 Å². The number of hydrogen-bond donors (Lipinski definition) is 0. The first kappa shape index (κ1) is 13.7. The van der Waals surface area contributed by atoms with Crippen molar-refractivity contribution in [3.05, 3.63) is 0 Å². The molecule has 0 saturated heterocycles. The molecule has 0 saturated carbocycles. The van der Waals surface area contributed by atoms with E-state index in [-0.39, 0.29) is 0 Å². The lowest BCUT2D eigenvalue weighted by atomic mass is 9.80. The van der Waals surface area contributed by atoms with Crippen LogP contribution >= 0.6 is 0 Å². The molecule has 0 nitrogen and oxygen atoms in total. The zero-order chi connectivity index (χ0) is 11.7. The Hall–Kier alpha value is -0.350. The van der Waals surface area contributed by atoms with Crippen LogP contribution in [0, 0.1) is 17.8 Å². The van der Waals surface area contributed by atoms with Crippen molar-refractivity contribution < 1.29 is 22.0 Å². The Kier molecular flexibility index (Phi) is 3.93. The van der Waals surface area contributed by atoms with E-state index in [2.05, 4.69) is 0 Å². The molecule has 0 amide bonds. The molecule has 0 fully saturated rings. The molecule has 0 aromatic rings. The molecule has 0 aliphatic rings. The summed E-state index contributed by atoms with van der Waals surface area (Å²) in [6.07, 6.45) is -5.45. The van der Waals surface area contributed by atoms with Gasteiger partial charge in [-0.2, -0.15) is 22.0 Å². The summed E-state index contributed by atoms with van der Waals surface area (Å²) in [4.78, 5) is 0. The van der Waals surface area contributed by atoms with Crippen LogP contribution in [0.3, 0.4) is 0 Å². The summed E-state index contributed by atoms with van der Waals surface area (Å²) in [6, 6.07) is 0. The Balaban J connectivity index is 5.01. The van der Waals surface area contributed by atoms with Crippen LogP contribution in [-0.2, 0) is 0 Å². The molecule has 0 aliphatic heterocycles. The maximum Gasteiger partial charge on any atom is 0.453 e. The van der Waals surface area contributed by atoms with E-state index in [1.165, 1.54) is 27.7 Å². The van der Waals surface area contributed by atoms with Crippen molar-refractivity contribution in [2.75, 3.05) is 0 Å². The average Bonchev–Trinajstić information content (AvgIpc) is 1.79. The third-order valence-electron chi connectivity index (χ3n) is 2.23. The van der Waals surface area contributed by atoms with Gasteiger partial charge in [0.15, 0.2) is 0 Å². The molecule has 5 heteroatoms. The quantitative estimate of drug-likeness (QED) is 0.625. The second kappa shape index (κ2) is 4.03. The first-order chi connectivity index (χ1) is 6.01. The minimum atomic E-state index is -5.45. The minimum Gasteiger partial charge on any atom is -0.196 e. The topological polar surface area (TPSA) is 0 Å². The van der Waals surface area contributed by atoms with Crippen molar-refractivity contribution >= 4 is 0 Å². The fourth-order valence-electron chi connectivity index (χ4n) is 1.80. The van der Waals surface area contributed by atoms with Gasteiger partial charge >= 0.3 is 12.1 Å². The van der Waals surface area contributed by atoms with Crippen molar-refractivity contribution in [1.29, 1.82) is 0 Å². The summed E-state index contributed by atoms with van der Waals surface area (Å²) >= 11 is 0. The Bertz CT molecular complexity index is 172. The van der Waals surface area contributed by atoms with Gasteiger partial charge in [-0.05, 0) is 11.8 Å². The number of hydrogen-bond acceptors (Lipinski definition) is 0. The summed E-state index contributed by atoms with van der Waals surface area (Å²) in [5.41, 5.74) is 0. The lowest BCUT2D eigenvalue weighted by Gasteiger charge is -2.34. The molecule has 0 unspecified atom stereocenters. The molecular formula is C9H15F5. The van der Waals surface area contributed by atoms with Crippen LogP contribution in [0.5, 0.6) is 0 Å². The van der Waals surface area contributed by atoms with Crippen LogP contribution in [-0.4, -0.2) is 12.1 Å². The zero-order valence-corrected chi connectivity index (χ0v) is 8.62. The molecule has 0 aromatic heterocycles. The van der Waals surface area contributed by atoms with Crippen molar-refractivity contribution in [2.24, 2.45) is 17.8 Å². The molecule has 0 spiro atoms. The van der Waals surface area contributed by atoms with Crippen molar-refractivity contribution in [3.8, 4) is 0 Å². The average molecular weight is 218 g/mol. The lowest BCUT2D eigenvalue weighted by molar-refractivity contribution is -0.312. The van der Waals surface area contributed by atoms with Gasteiger partial charge in [-0.15, -0.1) is 0 Å². The van der Waals surface area contributed by atoms with Crippen LogP contribution in [0.1, 0.15) is 27.7 Å². The molecule has 0 heterocycles. The summed E-state index contributed by atoms with van der Waals surface area (Å²) in [5, 5.41) is 0. The molecule has 0 rings (SSSR count). The molecule has 0 bridgehead atoms. The molecule has 0 atom stereocenters. The number of alkyl halides is 5. The summed E-state index contributed by atoms with van der Waals surface area (Å²) in [6.45, 7) is 5.52. The Morgan fingerprint density at radius 2 is 1.00 bits per heavy atom. The monoisotopic (exact) mass is 218 g/mol. The van der Waals surface area contributed by atoms with E-state index in [9.17, 15) is 22.0 Å². The van der Waals surface area contributed by atoms with Crippen LogP contribution in [0.15, 0.2) is 0 Å². The smallest absolute Gasteiger partial charge is 0.196 e. The zero-order valence-electron chi connectivity index (χ0n) is 8.62. The summed E-state index contributed by atoms with van der Waals surface area (Å²) in [7, 11) is 0. The number of rotatable bonds is 3. The van der Waals surface area contributed by atoms with Gasteiger partial charge in [-0.1, -0.05) is 27.7 Å². The van der Waals surface area contributed by atoms with Crippen molar-refractivity contribution in [2.45, 2.75) is 39.8 Å². The minimum absolute atomic E-state index is 0.702. The highest BCUT2D eigenvalue weighted by molar-refractivity contribution is 4.87. The van der Waals surface area contributed by atoms with E-state index in [0.29, 0.717) is 0 Å². The van der Waals surface area contributed by atoms with E-state index in [1.807, 2.05) is 0 Å². The Morgan fingerprint density at radius 3 is 1.07 bits per heavy atom. The summed E-state index contributed by atoms with van der Waals surface area (Å²) in [5.74, 6) is -7.67. The predicted octanol–water partition coefficient (Wildman–Crippen LogP) is 4.11. The van der Waals surface area contributed by atoms with Gasteiger partial charge in [0.05, 0.1) is 0 Å². The molecule has 0 N–H and O–H groups in total. The summed E-state index contributed by atoms with van der Waals surface area (Å²) < 4.78 is 62.1. The fraction of sp³-hybridized carbons (Fsp3) is 1.00. The van der Waals surface area contributed by atoms with Crippen LogP contribution in [0.25, 0.3) is 0 Å². The highest BCUT2D eigenvalue weighted by atomic mass is 19.4. The second-order valence-corrected chi connectivity index (χ2v) is 4.13. The first-order valence-corrected chi connectivity index (χ1v) is 4.46. The largest absolute Gasteiger partial charge is 0.453 e. The van der Waals surface area contributed by atoms with Gasteiger partial charge in [0.25, 0.3) is 0 Å². The van der Waals surface area contributed by atoms with E-state index in [0.717, 1.165) is 0 Å². The Morgan fingerprint density at radius 1 is 0.714 bits per heavy atom. The molecule has 0 radical (unpaired) electrons. The van der Waals surface area contributed by atoms with Gasteiger partial charge in [0, 0.05) is 5.92 Å². The Labute approximate surface area is 80.5 Å². The van der Waals surface area contributed by atoms with Gasteiger partial charge in [-0.25, -0.2) is 0 Å². The van der Waals surface area contributed by atoms with Crippen LogP contribution in [0.4, 0.5) is 22.0 Å². The third kappa shape index (κ3) is 2.58. The standard InChI is InChI=1S/C9H15F5/c1-5(2)7(6(3)4)8(10,11)9(12,13)14/h5-7H,1-4H3. The SMILES string of the molecule is CC(C)C(C(C)C)C(F)(F)C(F)(F)F. The molecule has 86 valence electrons. The second-order valence-electron chi connectivity index (χ2n) is 4.13. The molecule has 0 aromatic carbocycles. The van der Waals surface area contributed by atoms with Gasteiger partial charge in [-0.3, -0.25) is 0 Å².